The fourth-order valence-corrected chi connectivity index (χ4v) is 2.49. The molecule has 1 heterocycles. The number of hydrogen-bond acceptors (Lipinski definition) is 3. The van der Waals surface area contributed by atoms with Crippen LogP contribution in [0.2, 0.25) is 0 Å². The van der Waals surface area contributed by atoms with Crippen LogP contribution in [-0.2, 0) is 22.4 Å². The molecule has 2 amide bonds. The van der Waals surface area contributed by atoms with E-state index in [2.05, 4.69) is 15.7 Å². The molecule has 25 heavy (non-hydrogen) atoms. The summed E-state index contributed by atoms with van der Waals surface area (Å²) in [5, 5.41) is 9.02. The summed E-state index contributed by atoms with van der Waals surface area (Å²) in [7, 11) is 1.57. The van der Waals surface area contributed by atoms with Crippen LogP contribution < -0.4 is 10.6 Å². The van der Waals surface area contributed by atoms with Gasteiger partial charge in [0.1, 0.15) is 0 Å². The molecule has 0 aliphatic heterocycles. The fraction of sp³-hybridized carbons (Fsp3) is 0.353. The maximum Gasteiger partial charge on any atom is 0.333 e. The van der Waals surface area contributed by atoms with Crippen molar-refractivity contribution in [1.82, 2.24) is 15.1 Å². The van der Waals surface area contributed by atoms with Gasteiger partial charge in [0.05, 0.1) is 18.5 Å². The Hall–Kier alpha value is -2.77. The van der Waals surface area contributed by atoms with E-state index in [9.17, 15) is 18.4 Å². The minimum absolute atomic E-state index is 0.0373. The molecule has 1 aromatic heterocycles. The van der Waals surface area contributed by atoms with Crippen molar-refractivity contribution >= 4 is 17.5 Å². The van der Waals surface area contributed by atoms with Crippen molar-refractivity contribution in [2.45, 2.75) is 33.2 Å². The Morgan fingerprint density at radius 3 is 2.28 bits per heavy atom. The number of carbonyl (C=O) groups excluding carboxylic acids is 2. The summed E-state index contributed by atoms with van der Waals surface area (Å²) < 4.78 is 26.3. The number of likely N-dealkylation sites (N-methyl/N-ethyl adjacent to an activating group) is 1. The predicted octanol–water partition coefficient (Wildman–Crippen LogP) is 2.36. The first-order valence-corrected chi connectivity index (χ1v) is 7.74. The minimum Gasteiger partial charge on any atom is -0.359 e. The molecule has 0 spiro atoms. The van der Waals surface area contributed by atoms with Gasteiger partial charge in [0.2, 0.25) is 11.8 Å². The van der Waals surface area contributed by atoms with Crippen molar-refractivity contribution in [3.05, 3.63) is 46.8 Å². The molecule has 134 valence electrons. The summed E-state index contributed by atoms with van der Waals surface area (Å²) in [5.41, 5.74) is 2.58. The van der Waals surface area contributed by atoms with Crippen molar-refractivity contribution in [3.8, 4) is 0 Å². The molecule has 6 nitrogen and oxygen atoms in total. The van der Waals surface area contributed by atoms with Gasteiger partial charge in [0.25, 0.3) is 0 Å². The molecule has 0 aliphatic carbocycles. The van der Waals surface area contributed by atoms with Crippen molar-refractivity contribution in [1.29, 1.82) is 0 Å². The Kier molecular flexibility index (Phi) is 5.84. The van der Waals surface area contributed by atoms with Crippen molar-refractivity contribution < 1.29 is 18.4 Å². The lowest BCUT2D eigenvalue weighted by molar-refractivity contribution is -0.120. The summed E-state index contributed by atoms with van der Waals surface area (Å²) in [4.78, 5) is 23.5. The van der Waals surface area contributed by atoms with Gasteiger partial charge in [0, 0.05) is 24.0 Å². The molecule has 0 fully saturated rings. The van der Waals surface area contributed by atoms with Gasteiger partial charge in [-0.1, -0.05) is 12.1 Å². The number of nitrogens with one attached hydrogen (secondary N) is 2. The first-order chi connectivity index (χ1) is 11.8. The molecule has 1 aromatic carbocycles. The highest BCUT2D eigenvalue weighted by molar-refractivity contribution is 5.92. The van der Waals surface area contributed by atoms with Gasteiger partial charge >= 0.3 is 6.55 Å². The van der Waals surface area contributed by atoms with Crippen LogP contribution >= 0.6 is 0 Å². The molecule has 2 aromatic rings. The van der Waals surface area contributed by atoms with Crippen LogP contribution in [0.3, 0.4) is 0 Å². The van der Waals surface area contributed by atoms with Crippen LogP contribution in [-0.4, -0.2) is 28.6 Å². The maximum atomic E-state index is 12.8. The highest BCUT2D eigenvalue weighted by Gasteiger charge is 2.19. The third kappa shape index (κ3) is 4.62. The van der Waals surface area contributed by atoms with Crippen LogP contribution in [0.1, 0.15) is 29.1 Å². The molecule has 0 saturated heterocycles. The predicted molar refractivity (Wildman–Crippen MR) is 89.5 cm³/mol. The minimum atomic E-state index is -2.73. The number of aromatic nitrogens is 2. The monoisotopic (exact) mass is 350 g/mol. The van der Waals surface area contributed by atoms with Gasteiger partial charge < -0.3 is 10.6 Å². The van der Waals surface area contributed by atoms with Crippen LogP contribution in [0, 0.1) is 13.8 Å². The molecular formula is C17H20F2N4O2. The molecule has 0 radical (unpaired) electrons. The number of alkyl halides is 2. The number of aryl methyl sites for hydroxylation is 1. The van der Waals surface area contributed by atoms with Gasteiger partial charge in [-0.2, -0.15) is 13.9 Å². The topological polar surface area (TPSA) is 76.0 Å². The van der Waals surface area contributed by atoms with Crippen LogP contribution in [0.25, 0.3) is 0 Å². The molecule has 0 atom stereocenters. The Morgan fingerprint density at radius 1 is 1.12 bits per heavy atom. The Labute approximate surface area is 144 Å². The van der Waals surface area contributed by atoms with Gasteiger partial charge in [-0.05, 0) is 31.5 Å². The Morgan fingerprint density at radius 2 is 1.76 bits per heavy atom. The second-order valence-corrected chi connectivity index (χ2v) is 5.64. The molecule has 8 heteroatoms. The highest BCUT2D eigenvalue weighted by Crippen LogP contribution is 2.20. The smallest absolute Gasteiger partial charge is 0.333 e. The maximum absolute atomic E-state index is 12.8. The molecule has 0 unspecified atom stereocenters. The van der Waals surface area contributed by atoms with Crippen molar-refractivity contribution in [3.63, 3.8) is 0 Å². The second-order valence-electron chi connectivity index (χ2n) is 5.64. The lowest BCUT2D eigenvalue weighted by atomic mass is 10.1. The second kappa shape index (κ2) is 7.87. The number of benzene rings is 1. The summed E-state index contributed by atoms with van der Waals surface area (Å²) in [6.07, 6.45) is 0.223. The lowest BCUT2D eigenvalue weighted by Gasteiger charge is -2.07. The number of carbonyl (C=O) groups is 2. The normalized spacial score (nSPS) is 10.8. The van der Waals surface area contributed by atoms with E-state index in [1.54, 1.807) is 38.2 Å². The molecular weight excluding hydrogens is 330 g/mol. The van der Waals surface area contributed by atoms with E-state index in [0.717, 1.165) is 5.56 Å². The van der Waals surface area contributed by atoms with Gasteiger partial charge in [-0.15, -0.1) is 0 Å². The quantitative estimate of drug-likeness (QED) is 0.840. The van der Waals surface area contributed by atoms with Crippen LogP contribution in [0.4, 0.5) is 14.5 Å². The zero-order valence-electron chi connectivity index (χ0n) is 14.3. The molecule has 2 N–H and O–H groups in total. The summed E-state index contributed by atoms with van der Waals surface area (Å²) in [5.74, 6) is -0.419. The third-order valence-corrected chi connectivity index (χ3v) is 3.88. The van der Waals surface area contributed by atoms with E-state index in [4.69, 9.17) is 0 Å². The summed E-state index contributed by atoms with van der Waals surface area (Å²) in [6.45, 7) is 0.383. The van der Waals surface area contributed by atoms with Crippen molar-refractivity contribution in [2.24, 2.45) is 0 Å². The zero-order chi connectivity index (χ0) is 18.6. The number of rotatable bonds is 6. The number of hydrogen-bond donors (Lipinski definition) is 2. The van der Waals surface area contributed by atoms with Crippen molar-refractivity contribution in [2.75, 3.05) is 12.4 Å². The number of amides is 2. The van der Waals surface area contributed by atoms with E-state index in [1.165, 1.54) is 6.92 Å². The zero-order valence-corrected chi connectivity index (χ0v) is 14.3. The Bertz CT molecular complexity index is 770. The number of halogens is 2. The number of anilines is 1. The largest absolute Gasteiger partial charge is 0.359 e. The van der Waals surface area contributed by atoms with E-state index in [0.29, 0.717) is 21.6 Å². The average Bonchev–Trinajstić information content (AvgIpc) is 2.85. The molecule has 0 aliphatic rings. The highest BCUT2D eigenvalue weighted by atomic mass is 19.3. The van der Waals surface area contributed by atoms with E-state index in [1.807, 2.05) is 0 Å². The van der Waals surface area contributed by atoms with E-state index in [-0.39, 0.29) is 30.3 Å². The summed E-state index contributed by atoms with van der Waals surface area (Å²) in [6, 6.07) is 6.88. The van der Waals surface area contributed by atoms with Gasteiger partial charge in [0.15, 0.2) is 0 Å². The standard InChI is InChI=1S/C17H20F2N4O2/c1-10-14(11(2)23(22-10)17(18)19)9-16(25)21-13-6-4-12(5-7-13)8-15(24)20-3/h4-7,17H,8-9H2,1-3H3,(H,20,24)(H,21,25). The Balaban J connectivity index is 2.02. The van der Waals surface area contributed by atoms with Gasteiger partial charge in [-0.25, -0.2) is 4.68 Å². The van der Waals surface area contributed by atoms with Crippen LogP contribution in [0.5, 0.6) is 0 Å². The lowest BCUT2D eigenvalue weighted by Crippen LogP contribution is -2.20. The average molecular weight is 350 g/mol. The van der Waals surface area contributed by atoms with E-state index < -0.39 is 6.55 Å². The fourth-order valence-electron chi connectivity index (χ4n) is 2.49. The SMILES string of the molecule is CNC(=O)Cc1ccc(NC(=O)Cc2c(C)nn(C(F)F)c2C)cc1. The first-order valence-electron chi connectivity index (χ1n) is 7.74. The third-order valence-electron chi connectivity index (χ3n) is 3.88. The molecule has 0 saturated carbocycles. The van der Waals surface area contributed by atoms with Gasteiger partial charge in [-0.3, -0.25) is 9.59 Å². The summed E-state index contributed by atoms with van der Waals surface area (Å²) >= 11 is 0. The van der Waals surface area contributed by atoms with E-state index >= 15 is 0 Å². The molecule has 0 bridgehead atoms. The molecule has 2 rings (SSSR count). The first kappa shape index (κ1) is 18.6. The van der Waals surface area contributed by atoms with Crippen LogP contribution in [0.15, 0.2) is 24.3 Å². The number of nitrogens with zero attached hydrogens (tertiary/aromatic N) is 2.